The zero-order chi connectivity index (χ0) is 10.2. The molecule has 0 saturated carbocycles. The molecule has 0 aliphatic rings. The molecule has 0 aliphatic heterocycles. The predicted octanol–water partition coefficient (Wildman–Crippen LogP) is 2.66. The van der Waals surface area contributed by atoms with Gasteiger partial charge < -0.3 is 10.2 Å². The molecule has 2 N–H and O–H groups in total. The van der Waals surface area contributed by atoms with Crippen molar-refractivity contribution in [3.05, 3.63) is 27.5 Å². The van der Waals surface area contributed by atoms with Crippen LogP contribution < -0.4 is 0 Å². The van der Waals surface area contributed by atoms with Gasteiger partial charge in [0.15, 0.2) is 0 Å². The van der Waals surface area contributed by atoms with Gasteiger partial charge in [0.05, 0.1) is 10.6 Å². The van der Waals surface area contributed by atoms with E-state index in [1.807, 2.05) is 0 Å². The zero-order valence-electron chi connectivity index (χ0n) is 7.31. The number of phenolic OH excluding ortho intramolecular Hbond substituents is 1. The summed E-state index contributed by atoms with van der Waals surface area (Å²) in [5.74, 6) is -0.547. The summed E-state index contributed by atoms with van der Waals surface area (Å²) in [6, 6.07) is 1.18. The highest BCUT2D eigenvalue weighted by molar-refractivity contribution is 9.10. The molecule has 0 heterocycles. The van der Waals surface area contributed by atoms with Gasteiger partial charge in [-0.2, -0.15) is 0 Å². The van der Waals surface area contributed by atoms with E-state index in [0.29, 0.717) is 0 Å². The Bertz CT molecular complexity index is 311. The van der Waals surface area contributed by atoms with E-state index in [9.17, 15) is 14.6 Å². The highest BCUT2D eigenvalue weighted by Crippen LogP contribution is 2.35. The third-order valence-corrected chi connectivity index (χ3v) is 2.52. The van der Waals surface area contributed by atoms with Crippen LogP contribution in [0.4, 0.5) is 4.39 Å². The average Bonchev–Trinajstić information content (AvgIpc) is 2.01. The molecule has 0 saturated heterocycles. The first-order valence-corrected chi connectivity index (χ1v) is 4.60. The maximum atomic E-state index is 13.1. The molecule has 2 nitrogen and oxygen atoms in total. The highest BCUT2D eigenvalue weighted by Gasteiger charge is 2.16. The molecule has 72 valence electrons. The Morgan fingerprint density at radius 3 is 2.54 bits per heavy atom. The number of phenols is 1. The second-order valence-electron chi connectivity index (χ2n) is 2.90. The first-order chi connectivity index (χ1) is 5.95. The molecule has 1 unspecified atom stereocenters. The summed E-state index contributed by atoms with van der Waals surface area (Å²) >= 11 is 3.00. The van der Waals surface area contributed by atoms with Crippen LogP contribution in [0.15, 0.2) is 10.5 Å². The first-order valence-electron chi connectivity index (χ1n) is 3.80. The number of aliphatic hydroxyl groups excluding tert-OH is 1. The van der Waals surface area contributed by atoms with Crippen LogP contribution in [0.1, 0.15) is 24.2 Å². The number of hydrogen-bond donors (Lipinski definition) is 2. The molecule has 0 amide bonds. The van der Waals surface area contributed by atoms with Crippen LogP contribution in [-0.4, -0.2) is 10.2 Å². The quantitative estimate of drug-likeness (QED) is 0.803. The van der Waals surface area contributed by atoms with Gasteiger partial charge in [0.1, 0.15) is 11.6 Å². The number of hydrogen-bond acceptors (Lipinski definition) is 2. The van der Waals surface area contributed by atoms with E-state index in [2.05, 4.69) is 15.9 Å². The van der Waals surface area contributed by atoms with Crippen molar-refractivity contribution >= 4 is 15.9 Å². The van der Waals surface area contributed by atoms with Gasteiger partial charge in [0, 0.05) is 5.56 Å². The maximum absolute atomic E-state index is 13.1. The third-order valence-electron chi connectivity index (χ3n) is 1.91. The monoisotopic (exact) mass is 248 g/mol. The van der Waals surface area contributed by atoms with Gasteiger partial charge in [0.25, 0.3) is 0 Å². The van der Waals surface area contributed by atoms with Crippen LogP contribution in [0.3, 0.4) is 0 Å². The molecule has 1 aromatic rings. The Labute approximate surface area is 84.1 Å². The zero-order valence-corrected chi connectivity index (χ0v) is 8.89. The minimum absolute atomic E-state index is 0.103. The van der Waals surface area contributed by atoms with E-state index in [1.165, 1.54) is 19.9 Å². The van der Waals surface area contributed by atoms with Crippen LogP contribution in [0.2, 0.25) is 0 Å². The maximum Gasteiger partial charge on any atom is 0.136 e. The lowest BCUT2D eigenvalue weighted by atomic mass is 10.0. The lowest BCUT2D eigenvalue weighted by molar-refractivity contribution is 0.193. The van der Waals surface area contributed by atoms with Gasteiger partial charge in [0.2, 0.25) is 0 Å². The smallest absolute Gasteiger partial charge is 0.136 e. The van der Waals surface area contributed by atoms with Crippen molar-refractivity contribution in [1.82, 2.24) is 0 Å². The summed E-state index contributed by atoms with van der Waals surface area (Å²) in [7, 11) is 0. The molecular formula is C9H10BrFO2. The molecule has 0 aliphatic carbocycles. The minimum Gasteiger partial charge on any atom is -0.506 e. The Kier molecular flexibility index (Phi) is 2.93. The standard InChI is InChI=1S/C9H10BrFO2/c1-4-7(11)3-6(10)9(13)8(4)5(2)12/h3,5,12-13H,1-2H3. The lowest BCUT2D eigenvalue weighted by Crippen LogP contribution is -1.99. The van der Waals surface area contributed by atoms with E-state index < -0.39 is 11.9 Å². The van der Waals surface area contributed by atoms with Crippen molar-refractivity contribution < 1.29 is 14.6 Å². The van der Waals surface area contributed by atoms with Gasteiger partial charge in [-0.25, -0.2) is 4.39 Å². The van der Waals surface area contributed by atoms with E-state index >= 15 is 0 Å². The van der Waals surface area contributed by atoms with Crippen LogP contribution in [0.5, 0.6) is 5.75 Å². The molecule has 1 aromatic carbocycles. The molecule has 0 bridgehead atoms. The number of aliphatic hydroxyl groups is 1. The SMILES string of the molecule is Cc1c(F)cc(Br)c(O)c1C(C)O. The van der Waals surface area contributed by atoms with Crippen molar-refractivity contribution in [2.24, 2.45) is 0 Å². The molecule has 1 atom stereocenters. The van der Waals surface area contributed by atoms with Gasteiger partial charge in [-0.3, -0.25) is 0 Å². The molecule has 0 aromatic heterocycles. The average molecular weight is 249 g/mol. The molecule has 1 rings (SSSR count). The number of benzene rings is 1. The van der Waals surface area contributed by atoms with Crippen LogP contribution in [-0.2, 0) is 0 Å². The summed E-state index contributed by atoms with van der Waals surface area (Å²) in [6.45, 7) is 3.00. The van der Waals surface area contributed by atoms with Crippen molar-refractivity contribution in [3.63, 3.8) is 0 Å². The topological polar surface area (TPSA) is 40.5 Å². The fourth-order valence-corrected chi connectivity index (χ4v) is 1.65. The first kappa shape index (κ1) is 10.5. The second kappa shape index (κ2) is 3.64. The number of halogens is 2. The van der Waals surface area contributed by atoms with Crippen molar-refractivity contribution in [2.45, 2.75) is 20.0 Å². The predicted molar refractivity (Wildman–Crippen MR) is 51.1 cm³/mol. The fourth-order valence-electron chi connectivity index (χ4n) is 1.23. The number of rotatable bonds is 1. The Hall–Kier alpha value is -0.610. The van der Waals surface area contributed by atoms with Gasteiger partial charge in [-0.1, -0.05) is 0 Å². The molecule has 0 radical (unpaired) electrons. The molecule has 0 spiro atoms. The summed E-state index contributed by atoms with van der Waals surface area (Å²) in [5, 5.41) is 18.8. The lowest BCUT2D eigenvalue weighted by Gasteiger charge is -2.13. The van der Waals surface area contributed by atoms with Crippen LogP contribution in [0.25, 0.3) is 0 Å². The molecular weight excluding hydrogens is 239 g/mol. The van der Waals surface area contributed by atoms with E-state index in [4.69, 9.17) is 0 Å². The number of aromatic hydroxyl groups is 1. The van der Waals surface area contributed by atoms with E-state index in [0.717, 1.165) is 0 Å². The third kappa shape index (κ3) is 1.84. The van der Waals surface area contributed by atoms with Crippen molar-refractivity contribution in [1.29, 1.82) is 0 Å². The van der Waals surface area contributed by atoms with E-state index in [-0.39, 0.29) is 21.3 Å². The Morgan fingerprint density at radius 2 is 2.08 bits per heavy atom. The molecule has 0 fully saturated rings. The summed E-state index contributed by atoms with van der Waals surface area (Å²) in [4.78, 5) is 0. The highest BCUT2D eigenvalue weighted by atomic mass is 79.9. The fraction of sp³-hybridized carbons (Fsp3) is 0.333. The normalized spacial score (nSPS) is 13.0. The van der Waals surface area contributed by atoms with E-state index in [1.54, 1.807) is 0 Å². The Morgan fingerprint density at radius 1 is 1.54 bits per heavy atom. The summed E-state index contributed by atoms with van der Waals surface area (Å²) in [5.41, 5.74) is 0.502. The molecule has 4 heteroatoms. The largest absolute Gasteiger partial charge is 0.506 e. The Balaban J connectivity index is 3.46. The second-order valence-corrected chi connectivity index (χ2v) is 3.76. The van der Waals surface area contributed by atoms with Gasteiger partial charge in [-0.05, 0) is 41.4 Å². The van der Waals surface area contributed by atoms with Gasteiger partial charge >= 0.3 is 0 Å². The van der Waals surface area contributed by atoms with Crippen LogP contribution in [0, 0.1) is 12.7 Å². The minimum atomic E-state index is -0.882. The van der Waals surface area contributed by atoms with Crippen molar-refractivity contribution in [3.8, 4) is 5.75 Å². The van der Waals surface area contributed by atoms with Crippen LogP contribution >= 0.6 is 15.9 Å². The molecule has 13 heavy (non-hydrogen) atoms. The van der Waals surface area contributed by atoms with Gasteiger partial charge in [-0.15, -0.1) is 0 Å². The summed E-state index contributed by atoms with van der Waals surface area (Å²) < 4.78 is 13.4. The van der Waals surface area contributed by atoms with Crippen molar-refractivity contribution in [2.75, 3.05) is 0 Å². The summed E-state index contributed by atoms with van der Waals surface area (Å²) in [6.07, 6.45) is -0.882.